The summed E-state index contributed by atoms with van der Waals surface area (Å²) in [7, 11) is 0. The molecule has 0 fully saturated rings. The van der Waals surface area contributed by atoms with E-state index in [0.29, 0.717) is 10.8 Å². The van der Waals surface area contributed by atoms with Gasteiger partial charge >= 0.3 is 0 Å². The number of hydrogen-bond donors (Lipinski definition) is 1. The van der Waals surface area contributed by atoms with Gasteiger partial charge in [0.25, 0.3) is 0 Å². The van der Waals surface area contributed by atoms with Crippen LogP contribution in [0.2, 0.25) is 5.02 Å². The standard InChI is InChI=1S/C18H17ClN2O2/c1-18(12-20,13-23-16-9-7-15(19)8-10-16)21-17(22)11-14-5-3-2-4-6-14/h2-10H,11,13H2,1H3,(H,21,22). The Morgan fingerprint density at radius 3 is 2.48 bits per heavy atom. The first-order valence-corrected chi connectivity index (χ1v) is 7.53. The van der Waals surface area contributed by atoms with Crippen LogP contribution in [0.25, 0.3) is 0 Å². The first-order valence-electron chi connectivity index (χ1n) is 7.15. The quantitative estimate of drug-likeness (QED) is 0.884. The molecule has 0 aliphatic carbocycles. The Morgan fingerprint density at radius 1 is 1.22 bits per heavy atom. The van der Waals surface area contributed by atoms with Crippen molar-refractivity contribution in [3.63, 3.8) is 0 Å². The van der Waals surface area contributed by atoms with Crippen molar-refractivity contribution >= 4 is 17.5 Å². The highest BCUT2D eigenvalue weighted by Gasteiger charge is 2.27. The number of hydrogen-bond acceptors (Lipinski definition) is 3. The molecule has 0 bridgehead atoms. The summed E-state index contributed by atoms with van der Waals surface area (Å²) in [5, 5.41) is 12.7. The number of ether oxygens (including phenoxy) is 1. The van der Waals surface area contributed by atoms with E-state index in [4.69, 9.17) is 16.3 Å². The minimum atomic E-state index is -1.11. The molecule has 2 aromatic rings. The molecular formula is C18H17ClN2O2. The lowest BCUT2D eigenvalue weighted by molar-refractivity contribution is -0.121. The molecule has 0 heterocycles. The zero-order valence-corrected chi connectivity index (χ0v) is 13.5. The van der Waals surface area contributed by atoms with E-state index >= 15 is 0 Å². The van der Waals surface area contributed by atoms with Crippen molar-refractivity contribution in [1.82, 2.24) is 5.32 Å². The van der Waals surface area contributed by atoms with Gasteiger partial charge in [-0.05, 0) is 36.8 Å². The lowest BCUT2D eigenvalue weighted by Gasteiger charge is -2.23. The molecule has 0 aromatic heterocycles. The zero-order valence-electron chi connectivity index (χ0n) is 12.8. The molecule has 4 nitrogen and oxygen atoms in total. The molecule has 0 saturated carbocycles. The maximum Gasteiger partial charge on any atom is 0.225 e. The number of nitrogens with zero attached hydrogens (tertiary/aromatic N) is 1. The van der Waals surface area contributed by atoms with Crippen LogP contribution in [0.5, 0.6) is 5.75 Å². The third-order valence-electron chi connectivity index (χ3n) is 3.21. The molecule has 1 amide bonds. The molecule has 0 saturated heterocycles. The minimum Gasteiger partial charge on any atom is -0.490 e. The predicted octanol–water partition coefficient (Wildman–Crippen LogP) is 3.36. The largest absolute Gasteiger partial charge is 0.490 e. The average Bonchev–Trinajstić information content (AvgIpc) is 2.55. The Labute approximate surface area is 140 Å². The Kier molecular flexibility index (Phi) is 5.61. The Morgan fingerprint density at radius 2 is 1.87 bits per heavy atom. The fourth-order valence-electron chi connectivity index (χ4n) is 1.99. The summed E-state index contributed by atoms with van der Waals surface area (Å²) in [5.74, 6) is 0.369. The molecule has 5 heteroatoms. The smallest absolute Gasteiger partial charge is 0.225 e. The van der Waals surface area contributed by atoms with E-state index in [0.717, 1.165) is 5.56 Å². The van der Waals surface area contributed by atoms with E-state index in [1.165, 1.54) is 0 Å². The normalized spacial score (nSPS) is 12.7. The number of rotatable bonds is 6. The van der Waals surface area contributed by atoms with E-state index in [1.54, 1.807) is 31.2 Å². The van der Waals surface area contributed by atoms with Gasteiger partial charge < -0.3 is 10.1 Å². The van der Waals surface area contributed by atoms with Gasteiger partial charge in [0.1, 0.15) is 12.4 Å². The molecule has 0 radical (unpaired) electrons. The summed E-state index contributed by atoms with van der Waals surface area (Å²) in [6.07, 6.45) is 0.221. The first-order chi connectivity index (χ1) is 11.0. The lowest BCUT2D eigenvalue weighted by atomic mass is 10.0. The van der Waals surface area contributed by atoms with E-state index in [9.17, 15) is 10.1 Å². The second-order valence-corrected chi connectivity index (χ2v) is 5.83. The Hall–Kier alpha value is -2.51. The zero-order chi connectivity index (χ0) is 16.7. The van der Waals surface area contributed by atoms with Crippen LogP contribution in [0.15, 0.2) is 54.6 Å². The van der Waals surface area contributed by atoms with Crippen LogP contribution in [0.3, 0.4) is 0 Å². The molecule has 0 spiro atoms. The summed E-state index contributed by atoms with van der Waals surface area (Å²) in [4.78, 5) is 12.1. The maximum atomic E-state index is 12.1. The van der Waals surface area contributed by atoms with Crippen molar-refractivity contribution in [2.75, 3.05) is 6.61 Å². The van der Waals surface area contributed by atoms with Crippen molar-refractivity contribution < 1.29 is 9.53 Å². The van der Waals surface area contributed by atoms with Gasteiger partial charge in [-0.15, -0.1) is 0 Å². The highest BCUT2D eigenvalue weighted by molar-refractivity contribution is 6.30. The SMILES string of the molecule is CC(C#N)(COc1ccc(Cl)cc1)NC(=O)Cc1ccccc1. The number of carbonyl (C=O) groups excluding carboxylic acids is 1. The fourth-order valence-corrected chi connectivity index (χ4v) is 2.11. The molecule has 2 rings (SSSR count). The highest BCUT2D eigenvalue weighted by atomic mass is 35.5. The summed E-state index contributed by atoms with van der Waals surface area (Å²) in [5.41, 5.74) is -0.213. The van der Waals surface area contributed by atoms with Crippen molar-refractivity contribution in [1.29, 1.82) is 5.26 Å². The van der Waals surface area contributed by atoms with Crippen LogP contribution in [0, 0.1) is 11.3 Å². The maximum absolute atomic E-state index is 12.1. The minimum absolute atomic E-state index is 0.0473. The van der Waals surface area contributed by atoms with Gasteiger partial charge in [-0.1, -0.05) is 41.9 Å². The second kappa shape index (κ2) is 7.66. The van der Waals surface area contributed by atoms with E-state index in [2.05, 4.69) is 11.4 Å². The predicted molar refractivity (Wildman–Crippen MR) is 89.3 cm³/mol. The summed E-state index contributed by atoms with van der Waals surface area (Å²) in [6, 6.07) is 18.3. The second-order valence-electron chi connectivity index (χ2n) is 5.40. The summed E-state index contributed by atoms with van der Waals surface area (Å²) in [6.45, 7) is 1.68. The van der Waals surface area contributed by atoms with Gasteiger partial charge in [0.15, 0.2) is 5.54 Å². The Balaban J connectivity index is 1.93. The number of halogens is 1. The molecule has 1 N–H and O–H groups in total. The van der Waals surface area contributed by atoms with Crippen molar-refractivity contribution in [2.45, 2.75) is 18.9 Å². The topological polar surface area (TPSA) is 62.1 Å². The van der Waals surface area contributed by atoms with Crippen LogP contribution in [0.1, 0.15) is 12.5 Å². The van der Waals surface area contributed by atoms with E-state index in [1.807, 2.05) is 30.3 Å². The highest BCUT2D eigenvalue weighted by Crippen LogP contribution is 2.17. The van der Waals surface area contributed by atoms with Gasteiger partial charge in [-0.25, -0.2) is 0 Å². The van der Waals surface area contributed by atoms with E-state index in [-0.39, 0.29) is 18.9 Å². The van der Waals surface area contributed by atoms with Crippen LogP contribution < -0.4 is 10.1 Å². The fraction of sp³-hybridized carbons (Fsp3) is 0.222. The number of nitrogens with one attached hydrogen (secondary N) is 1. The van der Waals surface area contributed by atoms with Crippen LogP contribution >= 0.6 is 11.6 Å². The van der Waals surface area contributed by atoms with Gasteiger partial charge in [0.2, 0.25) is 5.91 Å². The van der Waals surface area contributed by atoms with Crippen LogP contribution in [0.4, 0.5) is 0 Å². The van der Waals surface area contributed by atoms with Crippen molar-refractivity contribution in [3.8, 4) is 11.8 Å². The number of benzene rings is 2. The van der Waals surface area contributed by atoms with Gasteiger partial charge in [-0.2, -0.15) is 5.26 Å². The molecule has 23 heavy (non-hydrogen) atoms. The van der Waals surface area contributed by atoms with Crippen LogP contribution in [-0.4, -0.2) is 18.1 Å². The summed E-state index contributed by atoms with van der Waals surface area (Å²) < 4.78 is 5.57. The molecule has 1 atom stereocenters. The molecule has 0 aliphatic heterocycles. The summed E-state index contributed by atoms with van der Waals surface area (Å²) >= 11 is 5.81. The molecule has 1 unspecified atom stereocenters. The molecule has 2 aromatic carbocycles. The third kappa shape index (κ3) is 5.32. The Bertz CT molecular complexity index is 695. The molecule has 118 valence electrons. The first kappa shape index (κ1) is 16.9. The van der Waals surface area contributed by atoms with Crippen LogP contribution in [-0.2, 0) is 11.2 Å². The lowest BCUT2D eigenvalue weighted by Crippen LogP contribution is -2.49. The van der Waals surface area contributed by atoms with Crippen molar-refractivity contribution in [3.05, 3.63) is 65.2 Å². The third-order valence-corrected chi connectivity index (χ3v) is 3.46. The van der Waals surface area contributed by atoms with Gasteiger partial charge in [-0.3, -0.25) is 4.79 Å². The molecular weight excluding hydrogens is 312 g/mol. The van der Waals surface area contributed by atoms with Crippen molar-refractivity contribution in [2.24, 2.45) is 0 Å². The van der Waals surface area contributed by atoms with Gasteiger partial charge in [0.05, 0.1) is 12.5 Å². The monoisotopic (exact) mass is 328 g/mol. The number of amides is 1. The van der Waals surface area contributed by atoms with Gasteiger partial charge in [0, 0.05) is 5.02 Å². The number of carbonyl (C=O) groups is 1. The molecule has 0 aliphatic rings. The average molecular weight is 329 g/mol. The van der Waals surface area contributed by atoms with E-state index < -0.39 is 5.54 Å². The number of nitriles is 1.